The van der Waals surface area contributed by atoms with Crippen molar-refractivity contribution in [2.45, 2.75) is 140 Å². The van der Waals surface area contributed by atoms with Crippen molar-refractivity contribution in [1.29, 1.82) is 0 Å². The van der Waals surface area contributed by atoms with Gasteiger partial charge in [0, 0.05) is 11.8 Å². The molecule has 0 aliphatic heterocycles. The van der Waals surface area contributed by atoms with E-state index in [1.165, 1.54) is 41.5 Å². The molecule has 1 rings (SSSR count). The third-order valence-electron chi connectivity index (χ3n) is 9.26. The third-order valence-corrected chi connectivity index (χ3v) is 9.26. The van der Waals surface area contributed by atoms with Gasteiger partial charge in [-0.3, -0.25) is 9.59 Å². The molecule has 328 valence electrons. The zero-order valence-corrected chi connectivity index (χ0v) is 29.1. The lowest BCUT2D eigenvalue weighted by Crippen LogP contribution is -2.67. The van der Waals surface area contributed by atoms with Crippen LogP contribution in [0.4, 0.5) is 87.8 Å². The number of aliphatic hydroxyl groups is 2. The van der Waals surface area contributed by atoms with Gasteiger partial charge in [0.2, 0.25) is 0 Å². The fourth-order valence-corrected chi connectivity index (χ4v) is 4.72. The molecule has 1 saturated carbocycles. The molecule has 0 aromatic heterocycles. The van der Waals surface area contributed by atoms with Crippen LogP contribution in [0.25, 0.3) is 0 Å². The van der Waals surface area contributed by atoms with Crippen molar-refractivity contribution in [1.82, 2.24) is 0 Å². The molecule has 0 amide bonds. The molecule has 0 radical (unpaired) electrons. The molecule has 2 N–H and O–H groups in total. The standard InChI is InChI=1S/C18H22F12O4.C11H14F8O2/c1-4-12(2,3)11(31)34-10-6-8(13(32,15(19,20)21)16(22,23)24)5-9(7-10)14(33,17(25,26)27)18(28,29)30;1-4-8(2,3)7(20)21-5-9(14,15)11(18,19)10(16,17)6(12)13/h8-10,32-33H,4-7H2,1-3H3;6H,4-5H2,1-3H3. The highest BCUT2D eigenvalue weighted by molar-refractivity contribution is 5.76. The molecule has 0 aromatic carbocycles. The van der Waals surface area contributed by atoms with Crippen LogP contribution in [0.2, 0.25) is 0 Å². The van der Waals surface area contributed by atoms with Gasteiger partial charge in [-0.15, -0.1) is 0 Å². The van der Waals surface area contributed by atoms with Crippen molar-refractivity contribution < 1.29 is 117 Å². The summed E-state index contributed by atoms with van der Waals surface area (Å²) < 4.78 is 269. The first-order chi connectivity index (χ1) is 23.9. The first-order valence-electron chi connectivity index (χ1n) is 15.4. The predicted octanol–water partition coefficient (Wildman–Crippen LogP) is 9.60. The number of halogens is 20. The molecular formula is C29H36F20O6. The van der Waals surface area contributed by atoms with Crippen LogP contribution in [-0.2, 0) is 19.1 Å². The smallest absolute Gasteiger partial charge is 0.426 e. The van der Waals surface area contributed by atoms with Gasteiger partial charge >= 0.3 is 60.8 Å². The van der Waals surface area contributed by atoms with E-state index in [9.17, 15) is 108 Å². The zero-order valence-electron chi connectivity index (χ0n) is 29.1. The van der Waals surface area contributed by atoms with E-state index in [1.807, 2.05) is 0 Å². The Morgan fingerprint density at radius 2 is 0.891 bits per heavy atom. The van der Waals surface area contributed by atoms with Gasteiger partial charge in [0.1, 0.15) is 6.10 Å². The van der Waals surface area contributed by atoms with Gasteiger partial charge in [-0.25, -0.2) is 8.78 Å². The quantitative estimate of drug-likeness (QED) is 0.150. The van der Waals surface area contributed by atoms with Crippen LogP contribution in [0.1, 0.15) is 73.6 Å². The molecule has 0 spiro atoms. The van der Waals surface area contributed by atoms with E-state index in [2.05, 4.69) is 4.74 Å². The second-order valence-corrected chi connectivity index (χ2v) is 13.9. The Morgan fingerprint density at radius 3 is 1.16 bits per heavy atom. The summed E-state index contributed by atoms with van der Waals surface area (Å²) >= 11 is 0. The number of ether oxygens (including phenoxy) is 2. The first kappa shape index (κ1) is 52.5. The molecule has 1 aliphatic rings. The van der Waals surface area contributed by atoms with Crippen molar-refractivity contribution in [3.05, 3.63) is 0 Å². The molecule has 2 unspecified atom stereocenters. The number of carbonyl (C=O) groups excluding carboxylic acids is 2. The SMILES string of the molecule is CCC(C)(C)C(=O)OC1CC(C(O)(C(F)(F)F)C(F)(F)F)CC(C(O)(C(F)(F)F)C(F)(F)F)C1.CCC(C)(C)C(=O)OCC(F)(F)C(F)(F)C(F)(F)C(F)F. The van der Waals surface area contributed by atoms with Crippen molar-refractivity contribution in [2.75, 3.05) is 6.61 Å². The predicted molar refractivity (Wildman–Crippen MR) is 145 cm³/mol. The lowest BCUT2D eigenvalue weighted by molar-refractivity contribution is -0.405. The Morgan fingerprint density at radius 1 is 0.582 bits per heavy atom. The molecule has 26 heteroatoms. The van der Waals surface area contributed by atoms with Gasteiger partial charge in [-0.2, -0.15) is 79.0 Å². The molecule has 2 atom stereocenters. The van der Waals surface area contributed by atoms with Crippen LogP contribution in [0.5, 0.6) is 0 Å². The number of esters is 2. The number of hydrogen-bond donors (Lipinski definition) is 2. The molecule has 0 bridgehead atoms. The summed E-state index contributed by atoms with van der Waals surface area (Å²) in [6.07, 6.45) is -38.9. The summed E-state index contributed by atoms with van der Waals surface area (Å²) in [5, 5.41) is 19.2. The first-order valence-corrected chi connectivity index (χ1v) is 15.4. The van der Waals surface area contributed by atoms with Crippen LogP contribution >= 0.6 is 0 Å². The highest BCUT2D eigenvalue weighted by atomic mass is 19.4. The van der Waals surface area contributed by atoms with Gasteiger partial charge < -0.3 is 19.7 Å². The molecule has 55 heavy (non-hydrogen) atoms. The third kappa shape index (κ3) is 10.5. The molecule has 0 saturated heterocycles. The molecule has 6 nitrogen and oxygen atoms in total. The summed E-state index contributed by atoms with van der Waals surface area (Å²) in [5.41, 5.74) is -14.3. The normalized spacial score (nSPS) is 20.5. The monoisotopic (exact) mass is 860 g/mol. The van der Waals surface area contributed by atoms with Gasteiger partial charge in [0.15, 0.2) is 6.61 Å². The van der Waals surface area contributed by atoms with Crippen molar-refractivity contribution in [3.8, 4) is 0 Å². The second kappa shape index (κ2) is 16.4. The van der Waals surface area contributed by atoms with Gasteiger partial charge in [-0.1, -0.05) is 13.8 Å². The zero-order chi connectivity index (χ0) is 44.6. The van der Waals surface area contributed by atoms with Crippen LogP contribution in [0, 0.1) is 22.7 Å². The topological polar surface area (TPSA) is 93.1 Å². The Kier molecular flexibility index (Phi) is 15.6. The van der Waals surface area contributed by atoms with E-state index in [0.29, 0.717) is 0 Å². The van der Waals surface area contributed by atoms with Gasteiger partial charge in [0.25, 0.3) is 11.2 Å². The maximum Gasteiger partial charge on any atom is 0.426 e. The van der Waals surface area contributed by atoms with Crippen molar-refractivity contribution in [3.63, 3.8) is 0 Å². The maximum absolute atomic E-state index is 13.3. The number of hydrogen-bond acceptors (Lipinski definition) is 6. The second-order valence-electron chi connectivity index (χ2n) is 13.9. The molecule has 0 aromatic rings. The Labute approximate surface area is 298 Å². The van der Waals surface area contributed by atoms with Crippen molar-refractivity contribution >= 4 is 11.9 Å². The fraction of sp³-hybridized carbons (Fsp3) is 0.931. The Balaban J connectivity index is 0.00000119. The lowest BCUT2D eigenvalue weighted by atomic mass is 9.65. The number of alkyl halides is 20. The summed E-state index contributed by atoms with van der Waals surface area (Å²) in [5.74, 6) is -27.7. The highest BCUT2D eigenvalue weighted by Crippen LogP contribution is 2.58. The van der Waals surface area contributed by atoms with E-state index in [1.54, 1.807) is 0 Å². The number of rotatable bonds is 12. The summed E-state index contributed by atoms with van der Waals surface area (Å²) in [7, 11) is 0. The van der Waals surface area contributed by atoms with E-state index in [4.69, 9.17) is 4.74 Å². The summed E-state index contributed by atoms with van der Waals surface area (Å²) in [6.45, 7) is 5.36. The molecule has 1 aliphatic carbocycles. The minimum atomic E-state index is -6.58. The minimum absolute atomic E-state index is 0.0184. The fourth-order valence-electron chi connectivity index (χ4n) is 4.72. The van der Waals surface area contributed by atoms with E-state index in [0.717, 1.165) is 0 Å². The van der Waals surface area contributed by atoms with E-state index < -0.39 is 127 Å². The maximum atomic E-state index is 13.3. The molecular weight excluding hydrogens is 824 g/mol. The van der Waals surface area contributed by atoms with E-state index in [-0.39, 0.29) is 12.8 Å². The van der Waals surface area contributed by atoms with Crippen LogP contribution < -0.4 is 0 Å². The van der Waals surface area contributed by atoms with Crippen molar-refractivity contribution in [2.24, 2.45) is 22.7 Å². The Bertz CT molecular complexity index is 1230. The minimum Gasteiger partial charge on any atom is -0.462 e. The van der Waals surface area contributed by atoms with E-state index >= 15 is 0 Å². The summed E-state index contributed by atoms with van der Waals surface area (Å²) in [4.78, 5) is 23.5. The van der Waals surface area contributed by atoms with Crippen LogP contribution in [0.3, 0.4) is 0 Å². The average molecular weight is 861 g/mol. The van der Waals surface area contributed by atoms with Gasteiger partial charge in [0.05, 0.1) is 10.8 Å². The van der Waals surface area contributed by atoms with Crippen LogP contribution in [-0.4, -0.2) is 95.0 Å². The highest BCUT2D eigenvalue weighted by Gasteiger charge is 2.79. The molecule has 1 fully saturated rings. The Hall–Kier alpha value is -2.54. The van der Waals surface area contributed by atoms with Gasteiger partial charge in [-0.05, 0) is 59.8 Å². The lowest BCUT2D eigenvalue weighted by Gasteiger charge is -2.48. The van der Waals surface area contributed by atoms with Crippen LogP contribution in [0.15, 0.2) is 0 Å². The molecule has 0 heterocycles. The summed E-state index contributed by atoms with van der Waals surface area (Å²) in [6, 6.07) is 0. The largest absolute Gasteiger partial charge is 0.462 e. The number of carbonyl (C=O) groups is 2. The average Bonchev–Trinajstić information content (AvgIpc) is 3.00.